The number of halogens is 1. The summed E-state index contributed by atoms with van der Waals surface area (Å²) >= 11 is 3.70. The molecule has 0 saturated carbocycles. The van der Waals surface area contributed by atoms with Crippen LogP contribution in [0.5, 0.6) is 0 Å². The molecular weight excluding hydrogens is 388 g/mol. The Balaban J connectivity index is 2.27. The Morgan fingerprint density at radius 2 is 1.73 bits per heavy atom. The van der Waals surface area contributed by atoms with Crippen LogP contribution in [0.1, 0.15) is 36.5 Å². The van der Waals surface area contributed by atoms with Gasteiger partial charge in [0.15, 0.2) is 0 Å². The van der Waals surface area contributed by atoms with E-state index in [1.807, 2.05) is 12.1 Å². The average Bonchev–Trinajstić information content (AvgIpc) is 2.62. The summed E-state index contributed by atoms with van der Waals surface area (Å²) in [5.74, 6) is 0. The summed E-state index contributed by atoms with van der Waals surface area (Å²) in [4.78, 5) is 4.84. The van der Waals surface area contributed by atoms with E-state index in [0.717, 1.165) is 29.7 Å². The molecule has 0 amide bonds. The first-order valence-electron chi connectivity index (χ1n) is 9.34. The number of nitrogens with zero attached hydrogens (tertiary/aromatic N) is 2. The number of hydrogen-bond acceptors (Lipinski definition) is 3. The second-order valence-electron chi connectivity index (χ2n) is 7.18. The SMILES string of the molecule is CCC[C@@H](CN(C)C)N(Cc1cccc(CO)c1)Cc1ccccc1Br. The van der Waals surface area contributed by atoms with Crippen molar-refractivity contribution in [1.29, 1.82) is 0 Å². The first kappa shape index (κ1) is 21.1. The fourth-order valence-corrected chi connectivity index (χ4v) is 3.77. The van der Waals surface area contributed by atoms with Crippen molar-refractivity contribution in [1.82, 2.24) is 9.80 Å². The van der Waals surface area contributed by atoms with Crippen molar-refractivity contribution in [3.05, 3.63) is 69.7 Å². The monoisotopic (exact) mass is 418 g/mol. The molecule has 0 spiro atoms. The normalized spacial score (nSPS) is 12.7. The van der Waals surface area contributed by atoms with Gasteiger partial charge < -0.3 is 10.0 Å². The highest BCUT2D eigenvalue weighted by Gasteiger charge is 2.20. The first-order valence-corrected chi connectivity index (χ1v) is 10.1. The van der Waals surface area contributed by atoms with Gasteiger partial charge in [0.1, 0.15) is 0 Å². The van der Waals surface area contributed by atoms with E-state index in [1.54, 1.807) is 0 Å². The van der Waals surface area contributed by atoms with Crippen LogP contribution in [0.15, 0.2) is 53.0 Å². The third kappa shape index (κ3) is 6.51. The Bertz CT molecular complexity index is 675. The van der Waals surface area contributed by atoms with Crippen LogP contribution < -0.4 is 0 Å². The molecule has 142 valence electrons. The van der Waals surface area contributed by atoms with Gasteiger partial charge in [-0.05, 0) is 43.3 Å². The van der Waals surface area contributed by atoms with E-state index in [1.165, 1.54) is 24.0 Å². The van der Waals surface area contributed by atoms with Crippen LogP contribution >= 0.6 is 15.9 Å². The van der Waals surface area contributed by atoms with Crippen LogP contribution in [0.3, 0.4) is 0 Å². The summed E-state index contributed by atoms with van der Waals surface area (Å²) < 4.78 is 1.16. The molecular formula is C22H31BrN2O. The van der Waals surface area contributed by atoms with Crippen LogP contribution in [0.25, 0.3) is 0 Å². The largest absolute Gasteiger partial charge is 0.392 e. The number of rotatable bonds is 10. The zero-order chi connectivity index (χ0) is 18.9. The Morgan fingerprint density at radius 3 is 2.38 bits per heavy atom. The molecule has 0 aliphatic rings. The summed E-state index contributed by atoms with van der Waals surface area (Å²) in [7, 11) is 4.29. The average molecular weight is 419 g/mol. The van der Waals surface area contributed by atoms with E-state index < -0.39 is 0 Å². The van der Waals surface area contributed by atoms with Gasteiger partial charge in [0.25, 0.3) is 0 Å². The molecule has 2 rings (SSSR count). The van der Waals surface area contributed by atoms with Crippen molar-refractivity contribution in [2.45, 2.75) is 45.5 Å². The van der Waals surface area contributed by atoms with Crippen LogP contribution in [0, 0.1) is 0 Å². The van der Waals surface area contributed by atoms with Crippen LogP contribution in [0.2, 0.25) is 0 Å². The Labute approximate surface area is 166 Å². The summed E-state index contributed by atoms with van der Waals surface area (Å²) in [5.41, 5.74) is 3.54. The molecule has 0 saturated heterocycles. The number of likely N-dealkylation sites (N-methyl/N-ethyl adjacent to an activating group) is 1. The molecule has 0 bridgehead atoms. The lowest BCUT2D eigenvalue weighted by Gasteiger charge is -2.34. The second-order valence-corrected chi connectivity index (χ2v) is 8.03. The van der Waals surface area contributed by atoms with Crippen molar-refractivity contribution in [2.24, 2.45) is 0 Å². The lowest BCUT2D eigenvalue weighted by molar-refractivity contribution is 0.137. The first-order chi connectivity index (χ1) is 12.5. The fraction of sp³-hybridized carbons (Fsp3) is 0.455. The maximum absolute atomic E-state index is 9.45. The highest BCUT2D eigenvalue weighted by atomic mass is 79.9. The molecule has 0 aliphatic carbocycles. The van der Waals surface area contributed by atoms with Gasteiger partial charge in [0, 0.05) is 30.1 Å². The molecule has 0 aliphatic heterocycles. The standard InChI is InChI=1S/C22H31BrN2O/c1-4-8-21(16-24(2)3)25(15-20-11-5-6-12-22(20)23)14-18-9-7-10-19(13-18)17-26/h5-7,9-13,21,26H,4,8,14-17H2,1-3H3/t21-/m0/s1. The number of aliphatic hydroxyl groups excluding tert-OH is 1. The molecule has 4 heteroatoms. The molecule has 0 heterocycles. The number of benzene rings is 2. The predicted octanol–water partition coefficient (Wildman–Crippen LogP) is 4.67. The van der Waals surface area contributed by atoms with Gasteiger partial charge in [0.05, 0.1) is 6.61 Å². The maximum atomic E-state index is 9.45. The van der Waals surface area contributed by atoms with E-state index in [2.05, 4.69) is 83.1 Å². The van der Waals surface area contributed by atoms with Gasteiger partial charge in [-0.2, -0.15) is 0 Å². The Morgan fingerprint density at radius 1 is 1.00 bits per heavy atom. The summed E-state index contributed by atoms with van der Waals surface area (Å²) in [6.07, 6.45) is 2.34. The minimum atomic E-state index is 0.0914. The number of aliphatic hydroxyl groups is 1. The molecule has 2 aromatic rings. The van der Waals surface area contributed by atoms with E-state index >= 15 is 0 Å². The molecule has 26 heavy (non-hydrogen) atoms. The minimum absolute atomic E-state index is 0.0914. The van der Waals surface area contributed by atoms with Crippen molar-refractivity contribution in [3.8, 4) is 0 Å². The quantitative estimate of drug-likeness (QED) is 0.606. The van der Waals surface area contributed by atoms with Crippen LogP contribution in [-0.2, 0) is 19.7 Å². The highest BCUT2D eigenvalue weighted by Crippen LogP contribution is 2.22. The van der Waals surface area contributed by atoms with Gasteiger partial charge in [-0.1, -0.05) is 71.7 Å². The lowest BCUT2D eigenvalue weighted by Crippen LogP contribution is -2.41. The van der Waals surface area contributed by atoms with Crippen LogP contribution in [0.4, 0.5) is 0 Å². The topological polar surface area (TPSA) is 26.7 Å². The summed E-state index contributed by atoms with van der Waals surface area (Å²) in [6, 6.07) is 17.2. The Hall–Kier alpha value is -1.20. The van der Waals surface area contributed by atoms with E-state index in [0.29, 0.717) is 6.04 Å². The van der Waals surface area contributed by atoms with Gasteiger partial charge in [-0.3, -0.25) is 4.90 Å². The van der Waals surface area contributed by atoms with E-state index in [-0.39, 0.29) is 6.61 Å². The molecule has 0 radical (unpaired) electrons. The third-order valence-corrected chi connectivity index (χ3v) is 5.38. The molecule has 2 aromatic carbocycles. The van der Waals surface area contributed by atoms with Crippen molar-refractivity contribution < 1.29 is 5.11 Å². The molecule has 1 atom stereocenters. The van der Waals surface area contributed by atoms with Crippen LogP contribution in [-0.4, -0.2) is 41.6 Å². The molecule has 0 unspecified atom stereocenters. The zero-order valence-corrected chi connectivity index (χ0v) is 17.7. The smallest absolute Gasteiger partial charge is 0.0681 e. The maximum Gasteiger partial charge on any atom is 0.0681 e. The second kappa shape index (κ2) is 10.8. The molecule has 0 aromatic heterocycles. The zero-order valence-electron chi connectivity index (χ0n) is 16.2. The minimum Gasteiger partial charge on any atom is -0.392 e. The van der Waals surface area contributed by atoms with Gasteiger partial charge in [0.2, 0.25) is 0 Å². The predicted molar refractivity (Wildman–Crippen MR) is 113 cm³/mol. The number of hydrogen-bond donors (Lipinski definition) is 1. The third-order valence-electron chi connectivity index (χ3n) is 4.61. The fourth-order valence-electron chi connectivity index (χ4n) is 3.36. The van der Waals surface area contributed by atoms with Crippen molar-refractivity contribution in [2.75, 3.05) is 20.6 Å². The highest BCUT2D eigenvalue weighted by molar-refractivity contribution is 9.10. The van der Waals surface area contributed by atoms with Crippen molar-refractivity contribution in [3.63, 3.8) is 0 Å². The van der Waals surface area contributed by atoms with Gasteiger partial charge in [-0.25, -0.2) is 0 Å². The van der Waals surface area contributed by atoms with Gasteiger partial charge >= 0.3 is 0 Å². The Kier molecular flexibility index (Phi) is 8.79. The van der Waals surface area contributed by atoms with Gasteiger partial charge in [-0.15, -0.1) is 0 Å². The van der Waals surface area contributed by atoms with Crippen molar-refractivity contribution >= 4 is 15.9 Å². The molecule has 0 fully saturated rings. The molecule has 3 nitrogen and oxygen atoms in total. The van der Waals surface area contributed by atoms with E-state index in [9.17, 15) is 5.11 Å². The lowest BCUT2D eigenvalue weighted by atomic mass is 10.0. The molecule has 1 N–H and O–H groups in total. The summed E-state index contributed by atoms with van der Waals surface area (Å²) in [6.45, 7) is 5.18. The van der Waals surface area contributed by atoms with E-state index in [4.69, 9.17) is 0 Å². The summed E-state index contributed by atoms with van der Waals surface area (Å²) in [5, 5.41) is 9.45.